The van der Waals surface area contributed by atoms with E-state index < -0.39 is 33.4 Å². The molecule has 0 spiro atoms. The predicted octanol–water partition coefficient (Wildman–Crippen LogP) is 1.94. The lowest BCUT2D eigenvalue weighted by Gasteiger charge is -2.28. The number of carbonyl (C=O) groups excluding carboxylic acids is 3. The maximum atomic E-state index is 13.1. The number of anilines is 1. The summed E-state index contributed by atoms with van der Waals surface area (Å²) in [5, 5.41) is 5.17. The molecule has 1 aromatic heterocycles. The number of urea groups is 1. The van der Waals surface area contributed by atoms with Gasteiger partial charge >= 0.3 is 6.03 Å². The molecular formula is C23H29N5O6S2. The van der Waals surface area contributed by atoms with Crippen molar-refractivity contribution in [2.45, 2.75) is 44.2 Å². The van der Waals surface area contributed by atoms with Crippen molar-refractivity contribution in [3.05, 3.63) is 45.8 Å². The first kappa shape index (κ1) is 26.2. The average Bonchev–Trinajstić information content (AvgIpc) is 3.37. The number of likely N-dealkylation sites (N-methyl/N-ethyl adjacent to an activating group) is 1. The molecule has 3 heterocycles. The van der Waals surface area contributed by atoms with Gasteiger partial charge in [-0.25, -0.2) is 13.2 Å². The molecule has 0 unspecified atom stereocenters. The number of benzene rings is 1. The lowest BCUT2D eigenvalue weighted by molar-refractivity contribution is 0.0965. The molecule has 2 aliphatic heterocycles. The summed E-state index contributed by atoms with van der Waals surface area (Å²) in [6.07, 6.45) is 0.597. The third-order valence-electron chi connectivity index (χ3n) is 6.32. The van der Waals surface area contributed by atoms with Gasteiger partial charge in [0.15, 0.2) is 0 Å². The van der Waals surface area contributed by atoms with E-state index in [1.54, 1.807) is 13.8 Å². The summed E-state index contributed by atoms with van der Waals surface area (Å²) in [5.74, 6) is -1.18. The van der Waals surface area contributed by atoms with Crippen molar-refractivity contribution in [1.29, 1.82) is 0 Å². The van der Waals surface area contributed by atoms with Crippen molar-refractivity contribution in [1.82, 2.24) is 14.5 Å². The Kier molecular flexibility index (Phi) is 7.21. The fraction of sp³-hybridized carbons (Fsp3) is 0.435. The summed E-state index contributed by atoms with van der Waals surface area (Å²) in [6, 6.07) is 4.60. The number of nitrogens with zero attached hydrogens (tertiary/aromatic N) is 2. The molecule has 0 atom stereocenters. The second-order valence-electron chi connectivity index (χ2n) is 9.27. The molecule has 194 valence electrons. The number of thiophene rings is 1. The fourth-order valence-electron chi connectivity index (χ4n) is 4.33. The monoisotopic (exact) mass is 535 g/mol. The molecule has 0 radical (unpaired) electrons. The van der Waals surface area contributed by atoms with Gasteiger partial charge in [0.1, 0.15) is 11.7 Å². The van der Waals surface area contributed by atoms with Crippen LogP contribution in [0.3, 0.4) is 0 Å². The molecule has 1 fully saturated rings. The SMILES string of the molecule is CCN1CCc2c(sc(NC(=O)c3ccc(S(=O)(=O)N4COCC4(C)C)cc3)c2C(=O)NC(N)=O)C1. The summed E-state index contributed by atoms with van der Waals surface area (Å²) < 4.78 is 32.7. The summed E-state index contributed by atoms with van der Waals surface area (Å²) in [5.41, 5.74) is 5.71. The topological polar surface area (TPSA) is 151 Å². The van der Waals surface area contributed by atoms with Crippen LogP contribution in [0.1, 0.15) is 51.9 Å². The molecule has 11 nitrogen and oxygen atoms in total. The van der Waals surface area contributed by atoms with E-state index in [9.17, 15) is 22.8 Å². The Morgan fingerprint density at radius 3 is 2.44 bits per heavy atom. The van der Waals surface area contributed by atoms with Crippen LogP contribution in [-0.2, 0) is 27.7 Å². The van der Waals surface area contributed by atoms with E-state index in [1.807, 2.05) is 6.92 Å². The minimum absolute atomic E-state index is 0.0355. The molecule has 4 rings (SSSR count). The van der Waals surface area contributed by atoms with Crippen LogP contribution >= 0.6 is 11.3 Å². The molecule has 2 aromatic rings. The number of hydrogen-bond donors (Lipinski definition) is 3. The van der Waals surface area contributed by atoms with Gasteiger partial charge in [-0.15, -0.1) is 11.3 Å². The highest BCUT2D eigenvalue weighted by Crippen LogP contribution is 2.37. The highest BCUT2D eigenvalue weighted by Gasteiger charge is 2.42. The van der Waals surface area contributed by atoms with Gasteiger partial charge in [-0.3, -0.25) is 19.8 Å². The highest BCUT2D eigenvalue weighted by atomic mass is 32.2. The molecule has 4 amide bonds. The van der Waals surface area contributed by atoms with E-state index in [0.29, 0.717) is 24.6 Å². The van der Waals surface area contributed by atoms with E-state index in [4.69, 9.17) is 10.5 Å². The molecule has 2 aliphatic rings. The Hall–Kier alpha value is -2.84. The first-order valence-corrected chi connectivity index (χ1v) is 13.7. The molecule has 0 saturated carbocycles. The second kappa shape index (κ2) is 9.90. The maximum absolute atomic E-state index is 13.1. The van der Waals surface area contributed by atoms with E-state index in [0.717, 1.165) is 23.5 Å². The maximum Gasteiger partial charge on any atom is 0.319 e. The van der Waals surface area contributed by atoms with Crippen LogP contribution in [0, 0.1) is 0 Å². The number of nitrogens with one attached hydrogen (secondary N) is 2. The Morgan fingerprint density at radius 1 is 1.17 bits per heavy atom. The van der Waals surface area contributed by atoms with Crippen LogP contribution in [-0.4, -0.2) is 67.4 Å². The number of rotatable bonds is 6. The van der Waals surface area contributed by atoms with E-state index >= 15 is 0 Å². The largest absolute Gasteiger partial charge is 0.363 e. The number of fused-ring (bicyclic) bond motifs is 1. The van der Waals surface area contributed by atoms with Gasteiger partial charge in [0, 0.05) is 23.5 Å². The van der Waals surface area contributed by atoms with Crippen molar-refractivity contribution >= 4 is 44.2 Å². The Morgan fingerprint density at radius 2 is 1.86 bits per heavy atom. The number of imide groups is 1. The van der Waals surface area contributed by atoms with Crippen LogP contribution in [0.2, 0.25) is 0 Å². The van der Waals surface area contributed by atoms with Crippen molar-refractivity contribution in [3.8, 4) is 0 Å². The van der Waals surface area contributed by atoms with Gasteiger partial charge in [0.05, 0.1) is 22.6 Å². The van der Waals surface area contributed by atoms with E-state index in [2.05, 4.69) is 15.5 Å². The number of nitrogens with two attached hydrogens (primary N) is 1. The summed E-state index contributed by atoms with van der Waals surface area (Å²) in [6.45, 7) is 8.09. The molecule has 13 heteroatoms. The molecule has 0 bridgehead atoms. The number of amides is 4. The predicted molar refractivity (Wildman–Crippen MR) is 134 cm³/mol. The van der Waals surface area contributed by atoms with Crippen molar-refractivity contribution < 1.29 is 27.5 Å². The number of primary amides is 1. The van der Waals surface area contributed by atoms with Crippen molar-refractivity contribution in [3.63, 3.8) is 0 Å². The minimum atomic E-state index is -3.81. The lowest BCUT2D eigenvalue weighted by atomic mass is 10.0. The van der Waals surface area contributed by atoms with Gasteiger partial charge in [0.2, 0.25) is 10.0 Å². The summed E-state index contributed by atoms with van der Waals surface area (Å²) >= 11 is 1.28. The van der Waals surface area contributed by atoms with Gasteiger partial charge in [-0.1, -0.05) is 6.92 Å². The van der Waals surface area contributed by atoms with Gasteiger partial charge in [-0.2, -0.15) is 4.31 Å². The zero-order valence-corrected chi connectivity index (χ0v) is 21.9. The molecule has 1 aromatic carbocycles. The summed E-state index contributed by atoms with van der Waals surface area (Å²) in [4.78, 5) is 40.3. The molecule has 4 N–H and O–H groups in total. The highest BCUT2D eigenvalue weighted by molar-refractivity contribution is 7.89. The number of carbonyl (C=O) groups is 3. The molecular weight excluding hydrogens is 506 g/mol. The van der Waals surface area contributed by atoms with Crippen LogP contribution in [0.25, 0.3) is 0 Å². The Bertz CT molecular complexity index is 1300. The van der Waals surface area contributed by atoms with E-state index in [-0.39, 0.29) is 22.8 Å². The first-order chi connectivity index (χ1) is 16.9. The van der Waals surface area contributed by atoms with Gasteiger partial charge in [-0.05, 0) is 56.6 Å². The van der Waals surface area contributed by atoms with Crippen LogP contribution in [0.15, 0.2) is 29.2 Å². The fourth-order valence-corrected chi connectivity index (χ4v) is 7.26. The Labute approximate surface area is 213 Å². The normalized spacial score (nSPS) is 18.0. The van der Waals surface area contributed by atoms with Gasteiger partial charge < -0.3 is 15.8 Å². The minimum Gasteiger partial charge on any atom is -0.363 e. The first-order valence-electron chi connectivity index (χ1n) is 11.4. The third kappa shape index (κ3) is 5.02. The standard InChI is InChI=1S/C23H29N5O6S2/c1-4-27-10-9-16-17(11-27)35-21(18(16)20(30)26-22(24)31)25-19(29)14-5-7-15(8-6-14)36(32,33)28-13-34-12-23(28,2)3/h5-8H,4,9-13H2,1-3H3,(H,25,29)(H3,24,26,30,31). The van der Waals surface area contributed by atoms with Crippen molar-refractivity contribution in [2.24, 2.45) is 5.73 Å². The smallest absolute Gasteiger partial charge is 0.319 e. The number of ether oxygens (including phenoxy) is 1. The quantitative estimate of drug-likeness (QED) is 0.511. The average molecular weight is 536 g/mol. The Balaban J connectivity index is 1.59. The van der Waals surface area contributed by atoms with Crippen LogP contribution < -0.4 is 16.4 Å². The molecule has 1 saturated heterocycles. The van der Waals surface area contributed by atoms with E-state index in [1.165, 1.54) is 39.9 Å². The summed E-state index contributed by atoms with van der Waals surface area (Å²) in [7, 11) is -3.81. The van der Waals surface area contributed by atoms with Crippen LogP contribution in [0.4, 0.5) is 9.80 Å². The zero-order valence-electron chi connectivity index (χ0n) is 20.3. The molecule has 0 aliphatic carbocycles. The third-order valence-corrected chi connectivity index (χ3v) is 9.50. The zero-order chi connectivity index (χ0) is 26.3. The number of hydrogen-bond acceptors (Lipinski definition) is 8. The van der Waals surface area contributed by atoms with Crippen LogP contribution in [0.5, 0.6) is 0 Å². The lowest BCUT2D eigenvalue weighted by Crippen LogP contribution is -2.44. The second-order valence-corrected chi connectivity index (χ2v) is 12.2. The molecule has 36 heavy (non-hydrogen) atoms. The van der Waals surface area contributed by atoms with Crippen molar-refractivity contribution in [2.75, 3.05) is 31.7 Å². The van der Waals surface area contributed by atoms with Gasteiger partial charge in [0.25, 0.3) is 11.8 Å². The number of sulfonamides is 1.